The number of halogens is 1. The van der Waals surface area contributed by atoms with E-state index in [1.54, 1.807) is 0 Å². The van der Waals surface area contributed by atoms with Gasteiger partial charge in [0.1, 0.15) is 0 Å². The number of alkyl halides is 1. The maximum atomic E-state index is 8.71. The van der Waals surface area contributed by atoms with Gasteiger partial charge in [0.05, 0.1) is 23.6 Å². The Balaban J connectivity index is 1.63. The van der Waals surface area contributed by atoms with Crippen LogP contribution in [0.15, 0.2) is 0 Å². The minimum absolute atomic E-state index is 0.127. The molecule has 24 heavy (non-hydrogen) atoms. The van der Waals surface area contributed by atoms with E-state index in [0.717, 1.165) is 12.8 Å². The second-order valence-corrected chi connectivity index (χ2v) is 8.49. The maximum absolute atomic E-state index is 8.71. The predicted molar refractivity (Wildman–Crippen MR) is 97.8 cm³/mol. The summed E-state index contributed by atoms with van der Waals surface area (Å²) in [6.45, 7) is 0. The molecule has 2 saturated carbocycles. The van der Waals surface area contributed by atoms with Crippen LogP contribution in [0.4, 0.5) is 0 Å². The summed E-state index contributed by atoms with van der Waals surface area (Å²) in [6.07, 6.45) is 15.9. The summed E-state index contributed by atoms with van der Waals surface area (Å²) in [4.78, 5) is 0. The Hall–Kier alpha value is -0.235. The zero-order valence-electron chi connectivity index (χ0n) is 14.8. The molecule has 3 fully saturated rings. The quantitative estimate of drug-likeness (QED) is 0.372. The Morgan fingerprint density at radius 1 is 0.917 bits per heavy atom. The minimum atomic E-state index is -0.274. The highest BCUT2D eigenvalue weighted by Crippen LogP contribution is 2.41. The van der Waals surface area contributed by atoms with E-state index in [0.29, 0.717) is 18.3 Å². The van der Waals surface area contributed by atoms with Gasteiger partial charge in [-0.25, -0.2) is 0 Å². The molecule has 3 aliphatic rings. The fourth-order valence-corrected chi connectivity index (χ4v) is 5.14. The van der Waals surface area contributed by atoms with Crippen molar-refractivity contribution in [3.63, 3.8) is 0 Å². The Kier molecular flexibility index (Phi) is 7.31. The molecule has 0 spiro atoms. The van der Waals surface area contributed by atoms with Crippen LogP contribution in [0.25, 0.3) is 0 Å². The van der Waals surface area contributed by atoms with Crippen molar-refractivity contribution < 1.29 is 9.31 Å². The molecule has 134 valence electrons. The summed E-state index contributed by atoms with van der Waals surface area (Å²) in [7, 11) is -0.274. The van der Waals surface area contributed by atoms with Crippen LogP contribution in [0.5, 0.6) is 0 Å². The molecule has 0 aromatic rings. The number of hydrogen-bond acceptors (Lipinski definition) is 3. The number of rotatable bonds is 6. The van der Waals surface area contributed by atoms with Crippen molar-refractivity contribution >= 4 is 18.7 Å². The summed E-state index contributed by atoms with van der Waals surface area (Å²) in [5.41, 5.74) is 0. The second kappa shape index (κ2) is 9.46. The van der Waals surface area contributed by atoms with Gasteiger partial charge in [-0.05, 0) is 50.4 Å². The van der Waals surface area contributed by atoms with Crippen molar-refractivity contribution in [2.45, 2.75) is 101 Å². The van der Waals surface area contributed by atoms with Gasteiger partial charge in [-0.1, -0.05) is 38.5 Å². The lowest BCUT2D eigenvalue weighted by Gasteiger charge is -2.35. The molecule has 0 bridgehead atoms. The molecule has 0 N–H and O–H groups in total. The van der Waals surface area contributed by atoms with Crippen molar-refractivity contribution in [3.05, 3.63) is 0 Å². The summed E-state index contributed by atoms with van der Waals surface area (Å²) in [5.74, 6) is 1.30. The molecule has 1 heterocycles. The van der Waals surface area contributed by atoms with Crippen molar-refractivity contribution in [3.8, 4) is 6.07 Å². The van der Waals surface area contributed by atoms with E-state index in [-0.39, 0.29) is 24.6 Å². The molecule has 0 aromatic heterocycles. The third-order valence-electron chi connectivity index (χ3n) is 6.20. The van der Waals surface area contributed by atoms with E-state index in [9.17, 15) is 0 Å². The van der Waals surface area contributed by atoms with E-state index in [2.05, 4.69) is 6.07 Å². The first-order valence-electron chi connectivity index (χ1n) is 10.1. The summed E-state index contributed by atoms with van der Waals surface area (Å²) >= 11 is 6.57. The molecule has 5 heteroatoms. The SMILES string of the molecule is N#CCCC[C@@H](Cl)B1O[C@H](C2CCCCC2)[C@@H](C2CCCCC2)O1. The molecule has 0 radical (unpaired) electrons. The minimum Gasteiger partial charge on any atom is -0.404 e. The third kappa shape index (κ3) is 4.68. The molecule has 3 atom stereocenters. The first-order chi connectivity index (χ1) is 11.8. The average molecular weight is 352 g/mol. The zero-order chi connectivity index (χ0) is 16.8. The van der Waals surface area contributed by atoms with E-state index >= 15 is 0 Å². The average Bonchev–Trinajstić information content (AvgIpc) is 3.09. The van der Waals surface area contributed by atoms with Crippen LogP contribution in [-0.4, -0.2) is 24.6 Å². The van der Waals surface area contributed by atoms with Gasteiger partial charge >= 0.3 is 7.12 Å². The Morgan fingerprint density at radius 2 is 1.42 bits per heavy atom. The number of nitriles is 1. The Labute approximate surface area is 152 Å². The van der Waals surface area contributed by atoms with Crippen LogP contribution in [0.1, 0.15) is 83.5 Å². The lowest BCUT2D eigenvalue weighted by molar-refractivity contribution is 0.0324. The molecule has 1 saturated heterocycles. The number of hydrogen-bond donors (Lipinski definition) is 0. The topological polar surface area (TPSA) is 42.2 Å². The molecular weight excluding hydrogens is 320 g/mol. The van der Waals surface area contributed by atoms with Crippen LogP contribution in [0, 0.1) is 23.2 Å². The van der Waals surface area contributed by atoms with Crippen LogP contribution < -0.4 is 0 Å². The van der Waals surface area contributed by atoms with Crippen molar-refractivity contribution in [2.75, 3.05) is 0 Å². The van der Waals surface area contributed by atoms with E-state index in [4.69, 9.17) is 26.2 Å². The highest BCUT2D eigenvalue weighted by atomic mass is 35.5. The summed E-state index contributed by atoms with van der Waals surface area (Å²) in [6, 6.07) is 2.19. The molecular formula is C19H31BClNO2. The normalized spacial score (nSPS) is 31.1. The van der Waals surface area contributed by atoms with Gasteiger partial charge in [-0.3, -0.25) is 0 Å². The van der Waals surface area contributed by atoms with Crippen LogP contribution in [0.2, 0.25) is 0 Å². The first-order valence-corrected chi connectivity index (χ1v) is 10.5. The van der Waals surface area contributed by atoms with Gasteiger partial charge in [0.15, 0.2) is 0 Å². The van der Waals surface area contributed by atoms with Gasteiger partial charge in [0.2, 0.25) is 0 Å². The van der Waals surface area contributed by atoms with Gasteiger partial charge in [-0.2, -0.15) is 5.26 Å². The third-order valence-corrected chi connectivity index (χ3v) is 6.62. The Morgan fingerprint density at radius 3 is 1.88 bits per heavy atom. The number of unbranched alkanes of at least 4 members (excludes halogenated alkanes) is 1. The van der Waals surface area contributed by atoms with E-state index < -0.39 is 0 Å². The van der Waals surface area contributed by atoms with E-state index in [1.807, 2.05) is 0 Å². The lowest BCUT2D eigenvalue weighted by Crippen LogP contribution is -2.38. The molecule has 0 amide bonds. The molecule has 3 rings (SSSR count). The second-order valence-electron chi connectivity index (χ2n) is 7.93. The van der Waals surface area contributed by atoms with Crippen LogP contribution in [0.3, 0.4) is 0 Å². The van der Waals surface area contributed by atoms with Crippen LogP contribution >= 0.6 is 11.6 Å². The monoisotopic (exact) mass is 351 g/mol. The largest absolute Gasteiger partial charge is 0.476 e. The predicted octanol–water partition coefficient (Wildman–Crippen LogP) is 5.26. The summed E-state index contributed by atoms with van der Waals surface area (Å²) in [5, 5.41) is 8.59. The highest BCUT2D eigenvalue weighted by molar-refractivity contribution is 6.59. The lowest BCUT2D eigenvalue weighted by atomic mass is 9.77. The van der Waals surface area contributed by atoms with Gasteiger partial charge in [-0.15, -0.1) is 11.6 Å². The van der Waals surface area contributed by atoms with E-state index in [1.165, 1.54) is 64.2 Å². The van der Waals surface area contributed by atoms with Gasteiger partial charge < -0.3 is 9.31 Å². The fraction of sp³-hybridized carbons (Fsp3) is 0.947. The molecule has 1 aliphatic heterocycles. The molecule has 2 aliphatic carbocycles. The first kappa shape index (κ1) is 18.6. The zero-order valence-corrected chi connectivity index (χ0v) is 15.6. The molecule has 3 nitrogen and oxygen atoms in total. The molecule has 0 unspecified atom stereocenters. The van der Waals surface area contributed by atoms with Crippen molar-refractivity contribution in [1.29, 1.82) is 5.26 Å². The van der Waals surface area contributed by atoms with Crippen molar-refractivity contribution in [1.82, 2.24) is 0 Å². The summed E-state index contributed by atoms with van der Waals surface area (Å²) < 4.78 is 12.8. The van der Waals surface area contributed by atoms with Crippen LogP contribution in [-0.2, 0) is 9.31 Å². The van der Waals surface area contributed by atoms with Gasteiger partial charge in [0.25, 0.3) is 0 Å². The maximum Gasteiger partial charge on any atom is 0.476 e. The molecule has 0 aromatic carbocycles. The fourth-order valence-electron chi connectivity index (χ4n) is 4.86. The smallest absolute Gasteiger partial charge is 0.404 e. The highest BCUT2D eigenvalue weighted by Gasteiger charge is 2.49. The van der Waals surface area contributed by atoms with Crippen molar-refractivity contribution in [2.24, 2.45) is 11.8 Å². The van der Waals surface area contributed by atoms with Gasteiger partial charge in [0, 0.05) is 6.42 Å². The number of nitrogens with zero attached hydrogens (tertiary/aromatic N) is 1. The Bertz CT molecular complexity index is 392. The standard InChI is InChI=1S/C19H31BClNO2/c21-17(13-7-8-14-22)20-23-18(15-9-3-1-4-10-15)19(24-20)16-11-5-2-6-12-16/h15-19H,1-13H2/t17-,18-,19-/m1/s1.